The third-order valence-corrected chi connectivity index (χ3v) is 6.18. The quantitative estimate of drug-likeness (QED) is 0.466. The summed E-state index contributed by atoms with van der Waals surface area (Å²) in [6.45, 7) is 2.66. The van der Waals surface area contributed by atoms with Crippen molar-refractivity contribution in [2.75, 3.05) is 37.4 Å². The number of ether oxygens (including phenoxy) is 3. The van der Waals surface area contributed by atoms with Crippen molar-refractivity contribution in [3.05, 3.63) is 35.5 Å². The van der Waals surface area contributed by atoms with E-state index in [1.54, 1.807) is 23.9 Å². The van der Waals surface area contributed by atoms with Crippen LogP contribution < -0.4 is 14.2 Å². The number of sulfonamides is 1. The highest BCUT2D eigenvalue weighted by atomic mass is 35.5. The Morgan fingerprint density at radius 3 is 2.79 bits per heavy atom. The lowest BCUT2D eigenvalue weighted by Gasteiger charge is -2.19. The highest BCUT2D eigenvalue weighted by Crippen LogP contribution is 2.40. The lowest BCUT2D eigenvalue weighted by molar-refractivity contribution is 0.124. The molecule has 33 heavy (non-hydrogen) atoms. The van der Waals surface area contributed by atoms with E-state index in [1.807, 2.05) is 6.92 Å². The minimum absolute atomic E-state index is 0.0512. The fourth-order valence-electron chi connectivity index (χ4n) is 3.33. The predicted octanol–water partition coefficient (Wildman–Crippen LogP) is 1.75. The molecule has 3 aromatic heterocycles. The molecule has 0 saturated carbocycles. The second-order valence-electron chi connectivity index (χ2n) is 7.05. The summed E-state index contributed by atoms with van der Waals surface area (Å²) in [6, 6.07) is 1.31. The summed E-state index contributed by atoms with van der Waals surface area (Å²) in [5, 5.41) is 8.71. The number of pyridine rings is 1. The van der Waals surface area contributed by atoms with Crippen LogP contribution in [0.15, 0.2) is 24.7 Å². The Balaban J connectivity index is 1.64. The SMILES string of the molecule is CCOc1nccc2c1OC[C@H](COC)n1c(NS(=O)(=O)CCc3ncc(Cl)cn3)nnc1-2. The van der Waals surface area contributed by atoms with Crippen molar-refractivity contribution < 1.29 is 22.6 Å². The highest BCUT2D eigenvalue weighted by Gasteiger charge is 2.31. The molecule has 0 aromatic carbocycles. The number of hydrogen-bond donors (Lipinski definition) is 1. The molecule has 0 spiro atoms. The molecule has 176 valence electrons. The second-order valence-corrected chi connectivity index (χ2v) is 9.33. The van der Waals surface area contributed by atoms with Gasteiger partial charge in [-0.15, -0.1) is 10.2 Å². The largest absolute Gasteiger partial charge is 0.485 e. The fraction of sp³-hybridized carbons (Fsp3) is 0.421. The third-order valence-electron chi connectivity index (χ3n) is 4.75. The Labute approximate surface area is 195 Å². The van der Waals surface area contributed by atoms with Gasteiger partial charge in [-0.1, -0.05) is 11.6 Å². The Morgan fingerprint density at radius 2 is 2.06 bits per heavy atom. The second kappa shape index (κ2) is 9.85. The van der Waals surface area contributed by atoms with Crippen molar-refractivity contribution in [2.45, 2.75) is 19.4 Å². The van der Waals surface area contributed by atoms with E-state index in [4.69, 9.17) is 25.8 Å². The van der Waals surface area contributed by atoms with E-state index in [-0.39, 0.29) is 31.3 Å². The van der Waals surface area contributed by atoms with Crippen molar-refractivity contribution >= 4 is 27.6 Å². The van der Waals surface area contributed by atoms with Crippen LogP contribution in [0.5, 0.6) is 11.6 Å². The van der Waals surface area contributed by atoms with Gasteiger partial charge in [-0.05, 0) is 13.0 Å². The van der Waals surface area contributed by atoms with Crippen LogP contribution in [0, 0.1) is 0 Å². The van der Waals surface area contributed by atoms with E-state index in [2.05, 4.69) is 29.9 Å². The molecular weight excluding hydrogens is 474 g/mol. The Morgan fingerprint density at radius 1 is 1.27 bits per heavy atom. The van der Waals surface area contributed by atoms with Crippen molar-refractivity contribution in [1.82, 2.24) is 29.7 Å². The van der Waals surface area contributed by atoms with Gasteiger partial charge < -0.3 is 14.2 Å². The summed E-state index contributed by atoms with van der Waals surface area (Å²) in [5.74, 6) is 1.31. The highest BCUT2D eigenvalue weighted by molar-refractivity contribution is 7.92. The number of anilines is 1. The van der Waals surface area contributed by atoms with Crippen LogP contribution in [-0.2, 0) is 21.2 Å². The molecule has 0 bridgehead atoms. The van der Waals surface area contributed by atoms with E-state index in [1.165, 1.54) is 12.4 Å². The summed E-state index contributed by atoms with van der Waals surface area (Å²) in [6.07, 6.45) is 4.50. The lowest BCUT2D eigenvalue weighted by atomic mass is 10.2. The van der Waals surface area contributed by atoms with E-state index in [9.17, 15) is 8.42 Å². The monoisotopic (exact) mass is 495 g/mol. The molecule has 0 aliphatic carbocycles. The predicted molar refractivity (Wildman–Crippen MR) is 119 cm³/mol. The molecule has 1 atom stereocenters. The maximum atomic E-state index is 12.8. The number of nitrogens with one attached hydrogen (secondary N) is 1. The molecule has 0 amide bonds. The lowest BCUT2D eigenvalue weighted by Crippen LogP contribution is -2.26. The van der Waals surface area contributed by atoms with Crippen molar-refractivity contribution in [3.8, 4) is 23.0 Å². The van der Waals surface area contributed by atoms with Crippen LogP contribution in [0.3, 0.4) is 0 Å². The number of halogens is 1. The van der Waals surface area contributed by atoms with Gasteiger partial charge in [0.15, 0.2) is 11.6 Å². The topological polar surface area (TPSA) is 143 Å². The molecule has 0 saturated heterocycles. The van der Waals surface area contributed by atoms with Crippen LogP contribution in [0.1, 0.15) is 18.8 Å². The Bertz CT molecular complexity index is 1220. The van der Waals surface area contributed by atoms with Crippen LogP contribution >= 0.6 is 11.6 Å². The first-order chi connectivity index (χ1) is 15.9. The van der Waals surface area contributed by atoms with Crippen molar-refractivity contribution in [3.63, 3.8) is 0 Å². The molecule has 12 nitrogen and oxygen atoms in total. The summed E-state index contributed by atoms with van der Waals surface area (Å²) in [4.78, 5) is 12.3. The van der Waals surface area contributed by atoms with Gasteiger partial charge in [-0.2, -0.15) is 0 Å². The zero-order valence-corrected chi connectivity index (χ0v) is 19.5. The molecule has 0 radical (unpaired) electrons. The minimum Gasteiger partial charge on any atom is -0.485 e. The van der Waals surface area contributed by atoms with Gasteiger partial charge in [0.05, 0.1) is 35.6 Å². The molecule has 0 unspecified atom stereocenters. The third kappa shape index (κ3) is 5.15. The average molecular weight is 496 g/mol. The van der Waals surface area contributed by atoms with E-state index in [0.29, 0.717) is 40.5 Å². The molecular formula is C19H22ClN7O5S. The smallest absolute Gasteiger partial charge is 0.257 e. The first-order valence-electron chi connectivity index (χ1n) is 10.1. The Kier molecular flexibility index (Phi) is 6.91. The van der Waals surface area contributed by atoms with Crippen LogP contribution in [0.4, 0.5) is 5.95 Å². The van der Waals surface area contributed by atoms with Crippen LogP contribution in [-0.4, -0.2) is 70.8 Å². The number of rotatable bonds is 9. The summed E-state index contributed by atoms with van der Waals surface area (Å²) in [5.41, 5.74) is 0.583. The van der Waals surface area contributed by atoms with E-state index < -0.39 is 16.1 Å². The Hall–Kier alpha value is -3.03. The zero-order chi connectivity index (χ0) is 23.4. The number of fused-ring (bicyclic) bond motifs is 3. The number of methoxy groups -OCH3 is 1. The summed E-state index contributed by atoms with van der Waals surface area (Å²) in [7, 11) is -2.25. The van der Waals surface area contributed by atoms with Crippen molar-refractivity contribution in [1.29, 1.82) is 0 Å². The molecule has 1 N–H and O–H groups in total. The summed E-state index contributed by atoms with van der Waals surface area (Å²) < 4.78 is 46.6. The fourth-order valence-corrected chi connectivity index (χ4v) is 4.40. The van der Waals surface area contributed by atoms with Gasteiger partial charge in [0.2, 0.25) is 16.0 Å². The molecule has 3 aromatic rings. The molecule has 1 aliphatic heterocycles. The minimum atomic E-state index is -3.80. The maximum absolute atomic E-state index is 12.8. The van der Waals surface area contributed by atoms with Gasteiger partial charge in [-0.25, -0.2) is 23.4 Å². The average Bonchev–Trinajstić information content (AvgIpc) is 3.11. The molecule has 4 heterocycles. The van der Waals surface area contributed by atoms with Gasteiger partial charge in [0.1, 0.15) is 12.4 Å². The van der Waals surface area contributed by atoms with E-state index in [0.717, 1.165) is 0 Å². The van der Waals surface area contributed by atoms with E-state index >= 15 is 0 Å². The number of aryl methyl sites for hydroxylation is 1. The molecule has 4 rings (SSSR count). The van der Waals surface area contributed by atoms with Crippen molar-refractivity contribution in [2.24, 2.45) is 0 Å². The van der Waals surface area contributed by atoms with Gasteiger partial charge in [0.25, 0.3) is 5.88 Å². The number of hydrogen-bond acceptors (Lipinski definition) is 10. The number of aromatic nitrogens is 6. The molecule has 0 fully saturated rings. The van der Waals surface area contributed by atoms with Gasteiger partial charge >= 0.3 is 0 Å². The summed E-state index contributed by atoms with van der Waals surface area (Å²) >= 11 is 5.77. The number of nitrogens with zero attached hydrogens (tertiary/aromatic N) is 6. The van der Waals surface area contributed by atoms with Gasteiger partial charge in [0, 0.05) is 32.1 Å². The normalized spacial score (nSPS) is 15.2. The van der Waals surface area contributed by atoms with Crippen LogP contribution in [0.25, 0.3) is 11.4 Å². The standard InChI is InChI=1S/C19H22ClN7O5S/c1-3-31-18-16-14(4-6-21-18)17-24-25-19(27(17)13(10-30-2)11-32-16)26-33(28,29)7-5-15-22-8-12(20)9-23-15/h4,6,8-9,13H,3,5,7,10-11H2,1-2H3,(H,25,26)/t13-/m0/s1. The van der Waals surface area contributed by atoms with Crippen LogP contribution in [0.2, 0.25) is 5.02 Å². The maximum Gasteiger partial charge on any atom is 0.257 e. The van der Waals surface area contributed by atoms with Gasteiger partial charge in [-0.3, -0.25) is 9.29 Å². The first kappa shape index (κ1) is 23.1. The molecule has 14 heteroatoms. The first-order valence-corrected chi connectivity index (χ1v) is 12.1. The zero-order valence-electron chi connectivity index (χ0n) is 17.9. The molecule has 1 aliphatic rings.